The van der Waals surface area contributed by atoms with Gasteiger partial charge in [0.2, 0.25) is 0 Å². The Morgan fingerprint density at radius 3 is 1.35 bits per heavy atom. The Kier molecular flexibility index (Phi) is 6.82. The van der Waals surface area contributed by atoms with Crippen molar-refractivity contribution in [3.05, 3.63) is 23.3 Å². The van der Waals surface area contributed by atoms with Crippen LogP contribution in [-0.2, 0) is 13.1 Å². The highest BCUT2D eigenvalue weighted by molar-refractivity contribution is 5.45. The van der Waals surface area contributed by atoms with Crippen LogP contribution in [-0.4, -0.2) is 46.2 Å². The number of hydrogen-bond acceptors (Lipinski definition) is 4. The van der Waals surface area contributed by atoms with Gasteiger partial charge in [-0.3, -0.25) is 9.80 Å². The molecule has 0 aliphatic rings. The minimum absolute atomic E-state index is 0.178. The summed E-state index contributed by atoms with van der Waals surface area (Å²) >= 11 is 0. The van der Waals surface area contributed by atoms with Crippen molar-refractivity contribution >= 4 is 0 Å². The molecule has 0 spiro atoms. The van der Waals surface area contributed by atoms with Gasteiger partial charge in [0, 0.05) is 30.3 Å². The van der Waals surface area contributed by atoms with Gasteiger partial charge in [-0.15, -0.1) is 0 Å². The second kappa shape index (κ2) is 8.12. The molecule has 1 rings (SSSR count). The molecular weight excluding hydrogens is 252 g/mol. The molecular formula is C16H28N2O2. The van der Waals surface area contributed by atoms with Crippen LogP contribution in [0.2, 0.25) is 0 Å². The molecule has 0 saturated carbocycles. The van der Waals surface area contributed by atoms with Gasteiger partial charge < -0.3 is 10.2 Å². The smallest absolute Gasteiger partial charge is 0.123 e. The monoisotopic (exact) mass is 280 g/mol. The van der Waals surface area contributed by atoms with Crippen molar-refractivity contribution in [3.63, 3.8) is 0 Å². The first-order chi connectivity index (χ1) is 9.55. The Bertz CT molecular complexity index is 378. The molecule has 1 aromatic rings. The molecule has 0 bridgehead atoms. The van der Waals surface area contributed by atoms with Crippen LogP contribution in [0.25, 0.3) is 0 Å². The van der Waals surface area contributed by atoms with Crippen LogP contribution in [0, 0.1) is 0 Å². The van der Waals surface area contributed by atoms with E-state index in [0.29, 0.717) is 13.1 Å². The molecule has 0 aliphatic heterocycles. The lowest BCUT2D eigenvalue weighted by molar-refractivity contribution is 0.284. The normalized spacial score (nSPS) is 11.5. The van der Waals surface area contributed by atoms with Gasteiger partial charge in [-0.25, -0.2) is 0 Å². The third-order valence-electron chi connectivity index (χ3n) is 3.86. The van der Waals surface area contributed by atoms with Crippen molar-refractivity contribution in [2.45, 2.75) is 40.8 Å². The molecule has 1 aromatic carbocycles. The van der Waals surface area contributed by atoms with Crippen LogP contribution >= 0.6 is 0 Å². The van der Waals surface area contributed by atoms with Gasteiger partial charge in [-0.05, 0) is 32.2 Å². The van der Waals surface area contributed by atoms with Crippen LogP contribution < -0.4 is 0 Å². The molecule has 0 heterocycles. The lowest BCUT2D eigenvalue weighted by Gasteiger charge is -2.22. The molecule has 0 radical (unpaired) electrons. The van der Waals surface area contributed by atoms with E-state index in [9.17, 15) is 10.2 Å². The molecule has 0 aromatic heterocycles. The van der Waals surface area contributed by atoms with E-state index in [1.54, 1.807) is 0 Å². The molecule has 2 N–H and O–H groups in total. The van der Waals surface area contributed by atoms with E-state index in [4.69, 9.17) is 0 Å². The SMILES string of the molecule is CCN(CC)Cc1cc(CN(CC)CC)c(O)cc1O. The van der Waals surface area contributed by atoms with Gasteiger partial charge in [-0.1, -0.05) is 27.7 Å². The maximum absolute atomic E-state index is 10.0. The Morgan fingerprint density at radius 1 is 0.700 bits per heavy atom. The topological polar surface area (TPSA) is 46.9 Å². The lowest BCUT2D eigenvalue weighted by Crippen LogP contribution is -2.23. The van der Waals surface area contributed by atoms with Crippen molar-refractivity contribution in [2.75, 3.05) is 26.2 Å². The molecule has 0 unspecified atom stereocenters. The van der Waals surface area contributed by atoms with E-state index in [1.165, 1.54) is 6.07 Å². The van der Waals surface area contributed by atoms with Crippen LogP contribution in [0.3, 0.4) is 0 Å². The Balaban J connectivity index is 2.96. The van der Waals surface area contributed by atoms with Crippen LogP contribution in [0.5, 0.6) is 11.5 Å². The summed E-state index contributed by atoms with van der Waals surface area (Å²) in [5.74, 6) is 0.357. The molecule has 0 amide bonds. The summed E-state index contributed by atoms with van der Waals surface area (Å²) in [6.07, 6.45) is 0. The molecule has 114 valence electrons. The summed E-state index contributed by atoms with van der Waals surface area (Å²) in [7, 11) is 0. The van der Waals surface area contributed by atoms with E-state index in [2.05, 4.69) is 37.5 Å². The third kappa shape index (κ3) is 4.39. The minimum Gasteiger partial charge on any atom is -0.507 e. The second-order valence-corrected chi connectivity index (χ2v) is 5.03. The zero-order chi connectivity index (χ0) is 15.1. The van der Waals surface area contributed by atoms with Gasteiger partial charge in [0.1, 0.15) is 11.5 Å². The average Bonchev–Trinajstić information content (AvgIpc) is 2.45. The minimum atomic E-state index is 0.178. The average molecular weight is 280 g/mol. The van der Waals surface area contributed by atoms with E-state index < -0.39 is 0 Å². The number of aromatic hydroxyl groups is 2. The largest absolute Gasteiger partial charge is 0.507 e. The van der Waals surface area contributed by atoms with E-state index in [0.717, 1.165) is 37.3 Å². The van der Waals surface area contributed by atoms with Crippen LogP contribution in [0.15, 0.2) is 12.1 Å². The van der Waals surface area contributed by atoms with Crippen molar-refractivity contribution in [1.82, 2.24) is 9.80 Å². The summed E-state index contributed by atoms with van der Waals surface area (Å²) < 4.78 is 0. The van der Waals surface area contributed by atoms with Gasteiger partial charge >= 0.3 is 0 Å². The van der Waals surface area contributed by atoms with Crippen molar-refractivity contribution in [2.24, 2.45) is 0 Å². The maximum atomic E-state index is 10.0. The first-order valence-corrected chi connectivity index (χ1v) is 7.53. The van der Waals surface area contributed by atoms with E-state index in [1.807, 2.05) is 6.07 Å². The third-order valence-corrected chi connectivity index (χ3v) is 3.86. The number of phenolic OH excluding ortho intramolecular Hbond substituents is 2. The summed E-state index contributed by atoms with van der Waals surface area (Å²) in [5, 5.41) is 20.0. The Morgan fingerprint density at radius 2 is 1.05 bits per heavy atom. The zero-order valence-electron chi connectivity index (χ0n) is 13.2. The highest BCUT2D eigenvalue weighted by Crippen LogP contribution is 2.29. The van der Waals surface area contributed by atoms with Gasteiger partial charge in [0.15, 0.2) is 0 Å². The summed E-state index contributed by atoms with van der Waals surface area (Å²) in [4.78, 5) is 4.49. The summed E-state index contributed by atoms with van der Waals surface area (Å²) in [6, 6.07) is 3.40. The highest BCUT2D eigenvalue weighted by atomic mass is 16.3. The van der Waals surface area contributed by atoms with Gasteiger partial charge in [-0.2, -0.15) is 0 Å². The van der Waals surface area contributed by atoms with E-state index >= 15 is 0 Å². The fraction of sp³-hybridized carbons (Fsp3) is 0.625. The first kappa shape index (κ1) is 16.8. The quantitative estimate of drug-likeness (QED) is 0.768. The summed E-state index contributed by atoms with van der Waals surface area (Å²) in [6.45, 7) is 13.6. The fourth-order valence-electron chi connectivity index (χ4n) is 2.30. The molecule has 4 nitrogen and oxygen atoms in total. The molecule has 4 heteroatoms. The Labute approximate surface area is 122 Å². The molecule has 0 atom stereocenters. The lowest BCUT2D eigenvalue weighted by atomic mass is 10.1. The highest BCUT2D eigenvalue weighted by Gasteiger charge is 2.12. The number of nitrogens with zero attached hydrogens (tertiary/aromatic N) is 2. The Hall–Kier alpha value is -1.26. The van der Waals surface area contributed by atoms with Crippen molar-refractivity contribution in [3.8, 4) is 11.5 Å². The zero-order valence-corrected chi connectivity index (χ0v) is 13.2. The first-order valence-electron chi connectivity index (χ1n) is 7.53. The van der Waals surface area contributed by atoms with Gasteiger partial charge in [0.05, 0.1) is 0 Å². The van der Waals surface area contributed by atoms with Crippen molar-refractivity contribution < 1.29 is 10.2 Å². The van der Waals surface area contributed by atoms with Crippen molar-refractivity contribution in [1.29, 1.82) is 0 Å². The van der Waals surface area contributed by atoms with E-state index in [-0.39, 0.29) is 11.5 Å². The van der Waals surface area contributed by atoms with Crippen LogP contribution in [0.1, 0.15) is 38.8 Å². The predicted octanol–water partition coefficient (Wildman–Crippen LogP) is 2.78. The molecule has 20 heavy (non-hydrogen) atoms. The van der Waals surface area contributed by atoms with Gasteiger partial charge in [0.25, 0.3) is 0 Å². The fourth-order valence-corrected chi connectivity index (χ4v) is 2.30. The maximum Gasteiger partial charge on any atom is 0.123 e. The predicted molar refractivity (Wildman–Crippen MR) is 83.0 cm³/mol. The molecule has 0 fully saturated rings. The second-order valence-electron chi connectivity index (χ2n) is 5.03. The number of hydrogen-bond donors (Lipinski definition) is 2. The summed E-state index contributed by atoms with van der Waals surface area (Å²) in [5.41, 5.74) is 1.77. The number of rotatable bonds is 8. The molecule has 0 saturated heterocycles. The number of benzene rings is 1. The molecule has 0 aliphatic carbocycles. The standard InChI is InChI=1S/C16H28N2O2/c1-5-17(6-2)11-13-9-14(12-18(7-3)8-4)16(20)10-15(13)19/h9-10,19-20H,5-8,11-12H2,1-4H3. The number of phenols is 2. The van der Waals surface area contributed by atoms with Crippen LogP contribution in [0.4, 0.5) is 0 Å².